The Hall–Kier alpha value is -1.72. The lowest BCUT2D eigenvalue weighted by Gasteiger charge is -2.33. The van der Waals surface area contributed by atoms with Gasteiger partial charge in [0.1, 0.15) is 6.10 Å². The Kier molecular flexibility index (Phi) is 6.02. The van der Waals surface area contributed by atoms with Gasteiger partial charge in [0.2, 0.25) is 0 Å². The molecule has 0 unspecified atom stereocenters. The number of benzene rings is 1. The molecule has 0 aromatic heterocycles. The third kappa shape index (κ3) is 4.41. The van der Waals surface area contributed by atoms with Crippen LogP contribution in [0.5, 0.6) is 0 Å². The van der Waals surface area contributed by atoms with Gasteiger partial charge in [-0.15, -0.1) is 0 Å². The zero-order valence-electron chi connectivity index (χ0n) is 15.6. The predicted molar refractivity (Wildman–Crippen MR) is 106 cm³/mol. The number of halogens is 2. The topological polar surface area (TPSA) is 67.4 Å². The molecule has 1 aromatic rings. The van der Waals surface area contributed by atoms with E-state index in [-0.39, 0.29) is 12.1 Å². The summed E-state index contributed by atoms with van der Waals surface area (Å²) in [6.45, 7) is 6.12. The number of hydrogen-bond acceptors (Lipinski definition) is 3. The summed E-state index contributed by atoms with van der Waals surface area (Å²) in [5.74, 6) is 0.741. The first-order valence-electron chi connectivity index (χ1n) is 9.20. The molecule has 2 amide bonds. The molecule has 7 heteroatoms. The van der Waals surface area contributed by atoms with E-state index in [1.807, 2.05) is 0 Å². The van der Waals surface area contributed by atoms with Crippen LogP contribution in [0.4, 0.5) is 4.79 Å². The lowest BCUT2D eigenvalue weighted by atomic mass is 9.80. The van der Waals surface area contributed by atoms with Crippen LogP contribution in [-0.2, 0) is 9.53 Å². The lowest BCUT2D eigenvalue weighted by molar-refractivity contribution is -0.147. The van der Waals surface area contributed by atoms with Gasteiger partial charge >= 0.3 is 12.0 Å². The largest absolute Gasteiger partial charge is 0.459 e. The molecule has 1 aliphatic carbocycles. The van der Waals surface area contributed by atoms with Crippen LogP contribution >= 0.6 is 23.2 Å². The molecule has 0 radical (unpaired) electrons. The van der Waals surface area contributed by atoms with E-state index in [0.29, 0.717) is 38.7 Å². The number of hydrogen-bond donors (Lipinski definition) is 2. The van der Waals surface area contributed by atoms with Crippen molar-refractivity contribution < 1.29 is 14.3 Å². The van der Waals surface area contributed by atoms with Crippen LogP contribution in [0.25, 0.3) is 0 Å². The van der Waals surface area contributed by atoms with Crippen LogP contribution in [0.2, 0.25) is 10.0 Å². The Labute approximate surface area is 169 Å². The van der Waals surface area contributed by atoms with Crippen molar-refractivity contribution in [2.24, 2.45) is 11.8 Å². The third-order valence-corrected chi connectivity index (χ3v) is 6.33. The predicted octanol–water partition coefficient (Wildman–Crippen LogP) is 4.99. The maximum Gasteiger partial charge on any atom is 0.338 e. The number of carbonyl (C=O) groups is 2. The van der Waals surface area contributed by atoms with Crippen LogP contribution < -0.4 is 10.6 Å². The number of esters is 1. The highest BCUT2D eigenvalue weighted by Gasteiger charge is 2.35. The van der Waals surface area contributed by atoms with Crippen molar-refractivity contribution in [3.05, 3.63) is 45.1 Å². The third-order valence-electron chi connectivity index (χ3n) is 5.59. The maximum absolute atomic E-state index is 13.0. The molecule has 1 saturated carbocycles. The Morgan fingerprint density at radius 2 is 1.89 bits per heavy atom. The van der Waals surface area contributed by atoms with E-state index in [2.05, 4.69) is 24.5 Å². The summed E-state index contributed by atoms with van der Waals surface area (Å²) in [6.07, 6.45) is 2.66. The fourth-order valence-corrected chi connectivity index (χ4v) is 4.03. The minimum absolute atomic E-state index is 0.101. The van der Waals surface area contributed by atoms with Gasteiger partial charge in [-0.05, 0) is 55.7 Å². The molecule has 5 nitrogen and oxygen atoms in total. The quantitative estimate of drug-likeness (QED) is 0.689. The van der Waals surface area contributed by atoms with Crippen molar-refractivity contribution in [1.29, 1.82) is 0 Å². The zero-order chi connectivity index (χ0) is 19.7. The summed E-state index contributed by atoms with van der Waals surface area (Å²) in [4.78, 5) is 25.0. The first kappa shape index (κ1) is 20.0. The van der Waals surface area contributed by atoms with Crippen molar-refractivity contribution >= 4 is 35.2 Å². The standard InChI is InChI=1S/C20H24Cl2N2O3/c1-10-4-6-14(8-11(10)2)27-19(25)17-12(3)23-20(26)24-18(17)13-5-7-15(21)16(22)9-13/h5,7,9-11,14,18H,4,6,8H2,1-3H3,(H2,23,24,26)/t10-,11+,14+,18-/m0/s1. The molecule has 2 N–H and O–H groups in total. The first-order valence-corrected chi connectivity index (χ1v) is 9.96. The van der Waals surface area contributed by atoms with Gasteiger partial charge in [-0.25, -0.2) is 9.59 Å². The highest BCUT2D eigenvalue weighted by atomic mass is 35.5. The van der Waals surface area contributed by atoms with Gasteiger partial charge in [0.25, 0.3) is 0 Å². The second-order valence-electron chi connectivity index (χ2n) is 7.54. The number of allylic oxidation sites excluding steroid dienone is 1. The molecular formula is C20H24Cl2N2O3. The maximum atomic E-state index is 13.0. The molecule has 146 valence electrons. The van der Waals surface area contributed by atoms with Crippen molar-refractivity contribution in [3.8, 4) is 0 Å². The molecule has 0 bridgehead atoms. The lowest BCUT2D eigenvalue weighted by Crippen LogP contribution is -2.45. The average Bonchev–Trinajstić information content (AvgIpc) is 2.59. The minimum atomic E-state index is -0.638. The highest BCUT2D eigenvalue weighted by Crippen LogP contribution is 2.34. The second-order valence-corrected chi connectivity index (χ2v) is 8.35. The van der Waals surface area contributed by atoms with E-state index in [9.17, 15) is 9.59 Å². The number of nitrogens with one attached hydrogen (secondary N) is 2. The molecular weight excluding hydrogens is 387 g/mol. The fraction of sp³-hybridized carbons (Fsp3) is 0.500. The Balaban J connectivity index is 1.85. The number of amides is 2. The van der Waals surface area contributed by atoms with E-state index in [1.165, 1.54) is 0 Å². The van der Waals surface area contributed by atoms with Crippen LogP contribution in [0.3, 0.4) is 0 Å². The number of urea groups is 1. The molecule has 1 aliphatic heterocycles. The van der Waals surface area contributed by atoms with E-state index in [4.69, 9.17) is 27.9 Å². The van der Waals surface area contributed by atoms with E-state index < -0.39 is 12.0 Å². The summed E-state index contributed by atoms with van der Waals surface area (Å²) >= 11 is 12.1. The zero-order valence-corrected chi connectivity index (χ0v) is 17.2. The normalized spacial score (nSPS) is 28.4. The fourth-order valence-electron chi connectivity index (χ4n) is 3.73. The SMILES string of the molecule is CC1=C(C(=O)O[C@@H]2CC[C@H](C)[C@H](C)C2)[C@H](c2ccc(Cl)c(Cl)c2)NC(=O)N1. The van der Waals surface area contributed by atoms with Gasteiger partial charge in [-0.2, -0.15) is 0 Å². The Morgan fingerprint density at radius 1 is 1.15 bits per heavy atom. The molecule has 2 aliphatic rings. The summed E-state index contributed by atoms with van der Waals surface area (Å²) < 4.78 is 5.81. The monoisotopic (exact) mass is 410 g/mol. The number of carbonyl (C=O) groups excluding carboxylic acids is 2. The highest BCUT2D eigenvalue weighted by molar-refractivity contribution is 6.42. The van der Waals surface area contributed by atoms with Gasteiger partial charge < -0.3 is 15.4 Å². The van der Waals surface area contributed by atoms with Crippen molar-refractivity contribution in [1.82, 2.24) is 10.6 Å². The van der Waals surface area contributed by atoms with E-state index in [0.717, 1.165) is 19.3 Å². The molecule has 1 fully saturated rings. The van der Waals surface area contributed by atoms with Crippen LogP contribution in [0, 0.1) is 11.8 Å². The Bertz CT molecular complexity index is 793. The molecule has 1 heterocycles. The molecule has 0 spiro atoms. The van der Waals surface area contributed by atoms with Crippen molar-refractivity contribution in [2.45, 2.75) is 52.2 Å². The molecule has 27 heavy (non-hydrogen) atoms. The van der Waals surface area contributed by atoms with Gasteiger partial charge in [0.15, 0.2) is 0 Å². The molecule has 4 atom stereocenters. The number of rotatable bonds is 3. The molecule has 3 rings (SSSR count). The minimum Gasteiger partial charge on any atom is -0.459 e. The van der Waals surface area contributed by atoms with Crippen molar-refractivity contribution in [3.63, 3.8) is 0 Å². The van der Waals surface area contributed by atoms with Crippen LogP contribution in [0.15, 0.2) is 29.5 Å². The summed E-state index contributed by atoms with van der Waals surface area (Å²) in [7, 11) is 0. The second kappa shape index (κ2) is 8.11. The van der Waals surface area contributed by atoms with Crippen molar-refractivity contribution in [2.75, 3.05) is 0 Å². The van der Waals surface area contributed by atoms with E-state index in [1.54, 1.807) is 25.1 Å². The van der Waals surface area contributed by atoms with Gasteiger partial charge in [0, 0.05) is 5.70 Å². The van der Waals surface area contributed by atoms with Gasteiger partial charge in [-0.3, -0.25) is 0 Å². The van der Waals surface area contributed by atoms with E-state index >= 15 is 0 Å². The van der Waals surface area contributed by atoms with Crippen LogP contribution in [-0.4, -0.2) is 18.1 Å². The van der Waals surface area contributed by atoms with Gasteiger partial charge in [0.05, 0.1) is 21.7 Å². The number of ether oxygens (including phenoxy) is 1. The first-order chi connectivity index (χ1) is 12.8. The Morgan fingerprint density at radius 3 is 2.56 bits per heavy atom. The summed E-state index contributed by atoms with van der Waals surface area (Å²) in [6, 6.07) is 4.04. The average molecular weight is 411 g/mol. The molecule has 1 aromatic carbocycles. The summed E-state index contributed by atoms with van der Waals surface area (Å²) in [5.41, 5.74) is 1.55. The smallest absolute Gasteiger partial charge is 0.338 e. The molecule has 0 saturated heterocycles. The van der Waals surface area contributed by atoms with Crippen LogP contribution in [0.1, 0.15) is 51.6 Å². The summed E-state index contributed by atoms with van der Waals surface area (Å²) in [5, 5.41) is 6.22. The van der Waals surface area contributed by atoms with Gasteiger partial charge in [-0.1, -0.05) is 43.1 Å².